The zero-order chi connectivity index (χ0) is 13.8. The third kappa shape index (κ3) is 3.01. The quantitative estimate of drug-likeness (QED) is 0.695. The lowest BCUT2D eigenvalue weighted by Gasteiger charge is -2.13. The number of anilines is 1. The highest BCUT2D eigenvalue weighted by atomic mass is 16.2. The summed E-state index contributed by atoms with van der Waals surface area (Å²) in [7, 11) is 0. The largest absolute Gasteiger partial charge is 0.376 e. The van der Waals surface area contributed by atoms with Crippen LogP contribution in [-0.2, 0) is 4.79 Å². The van der Waals surface area contributed by atoms with Crippen molar-refractivity contribution in [1.29, 1.82) is 0 Å². The van der Waals surface area contributed by atoms with Gasteiger partial charge in [-0.2, -0.15) is 0 Å². The fourth-order valence-electron chi connectivity index (χ4n) is 1.74. The van der Waals surface area contributed by atoms with Crippen LogP contribution in [0.2, 0.25) is 0 Å². The fourth-order valence-corrected chi connectivity index (χ4v) is 1.74. The Morgan fingerprint density at radius 1 is 1.32 bits per heavy atom. The molecule has 1 aromatic carbocycles. The Morgan fingerprint density at radius 3 is 2.53 bits per heavy atom. The van der Waals surface area contributed by atoms with Gasteiger partial charge in [0, 0.05) is 24.3 Å². The highest BCUT2D eigenvalue weighted by molar-refractivity contribution is 5.97. The van der Waals surface area contributed by atoms with E-state index in [2.05, 4.69) is 10.6 Å². The predicted octanol–water partition coefficient (Wildman–Crippen LogP) is -0.251. The lowest BCUT2D eigenvalue weighted by atomic mass is 10.2. The van der Waals surface area contributed by atoms with Gasteiger partial charge in [-0.05, 0) is 24.3 Å². The number of rotatable bonds is 4. The van der Waals surface area contributed by atoms with Crippen molar-refractivity contribution in [2.75, 3.05) is 25.0 Å². The van der Waals surface area contributed by atoms with Crippen molar-refractivity contribution >= 4 is 23.5 Å². The average molecular weight is 262 g/mol. The van der Waals surface area contributed by atoms with Crippen molar-refractivity contribution in [2.24, 2.45) is 5.73 Å². The Labute approximate surface area is 109 Å². The number of urea groups is 1. The molecule has 0 spiro atoms. The second kappa shape index (κ2) is 5.38. The molecule has 0 unspecified atom stereocenters. The molecule has 0 radical (unpaired) electrons. The molecule has 19 heavy (non-hydrogen) atoms. The summed E-state index contributed by atoms with van der Waals surface area (Å²) < 4.78 is 0. The summed E-state index contributed by atoms with van der Waals surface area (Å²) in [5.41, 5.74) is 6.20. The first kappa shape index (κ1) is 12.9. The number of imide groups is 1. The first-order valence-corrected chi connectivity index (χ1v) is 5.80. The first-order valence-electron chi connectivity index (χ1n) is 5.80. The van der Waals surface area contributed by atoms with Crippen LogP contribution in [0.5, 0.6) is 0 Å². The summed E-state index contributed by atoms with van der Waals surface area (Å²) in [5.74, 6) is -0.801. The van der Waals surface area contributed by atoms with Crippen LogP contribution in [0.3, 0.4) is 0 Å². The molecule has 1 fully saturated rings. The molecule has 7 nitrogen and oxygen atoms in total. The maximum Gasteiger partial charge on any atom is 0.324 e. The number of benzene rings is 1. The van der Waals surface area contributed by atoms with E-state index < -0.39 is 5.91 Å². The van der Waals surface area contributed by atoms with Gasteiger partial charge in [0.15, 0.2) is 0 Å². The van der Waals surface area contributed by atoms with E-state index in [9.17, 15) is 14.4 Å². The van der Waals surface area contributed by atoms with Gasteiger partial charge in [0.05, 0.1) is 6.54 Å². The molecular weight excluding hydrogens is 248 g/mol. The van der Waals surface area contributed by atoms with Gasteiger partial charge in [-0.3, -0.25) is 14.5 Å². The molecule has 1 saturated heterocycles. The standard InChI is InChI=1S/C12H14N4O3/c13-11(18)8-1-3-9(4-2-8)15-7-10(17)16-6-5-14-12(16)19/h1-4,15H,5-7H2,(H2,13,18)(H,14,19). The van der Waals surface area contributed by atoms with Crippen molar-refractivity contribution in [1.82, 2.24) is 10.2 Å². The Bertz CT molecular complexity index is 512. The van der Waals surface area contributed by atoms with Gasteiger partial charge >= 0.3 is 6.03 Å². The monoisotopic (exact) mass is 262 g/mol. The minimum atomic E-state index is -0.503. The van der Waals surface area contributed by atoms with Gasteiger partial charge in [-0.25, -0.2) is 4.79 Å². The van der Waals surface area contributed by atoms with E-state index in [0.717, 1.165) is 4.90 Å². The van der Waals surface area contributed by atoms with Crippen LogP contribution in [0, 0.1) is 0 Å². The average Bonchev–Trinajstić information content (AvgIpc) is 2.83. The van der Waals surface area contributed by atoms with Crippen molar-refractivity contribution in [3.05, 3.63) is 29.8 Å². The summed E-state index contributed by atoms with van der Waals surface area (Å²) in [5, 5.41) is 5.44. The molecule has 1 heterocycles. The molecule has 2 rings (SSSR count). The summed E-state index contributed by atoms with van der Waals surface area (Å²) >= 11 is 0. The number of nitrogens with one attached hydrogen (secondary N) is 2. The molecule has 1 aliphatic rings. The normalized spacial score (nSPS) is 14.1. The highest BCUT2D eigenvalue weighted by Gasteiger charge is 2.25. The minimum Gasteiger partial charge on any atom is -0.376 e. The SMILES string of the molecule is NC(=O)c1ccc(NCC(=O)N2CCNC2=O)cc1. The van der Waals surface area contributed by atoms with Crippen molar-refractivity contribution in [2.45, 2.75) is 0 Å². The molecule has 0 bridgehead atoms. The zero-order valence-electron chi connectivity index (χ0n) is 10.2. The minimum absolute atomic E-state index is 0.0172. The maximum absolute atomic E-state index is 11.7. The molecule has 0 atom stereocenters. The topological polar surface area (TPSA) is 105 Å². The third-order valence-corrected chi connectivity index (χ3v) is 2.77. The molecule has 0 saturated carbocycles. The lowest BCUT2D eigenvalue weighted by molar-refractivity contribution is -0.125. The number of amides is 4. The number of hydrogen-bond donors (Lipinski definition) is 3. The van der Waals surface area contributed by atoms with E-state index in [0.29, 0.717) is 24.3 Å². The summed E-state index contributed by atoms with van der Waals surface area (Å²) in [4.78, 5) is 35.0. The Kier molecular flexibility index (Phi) is 3.65. The number of hydrogen-bond acceptors (Lipinski definition) is 4. The number of primary amides is 1. The Morgan fingerprint density at radius 2 is 2.00 bits per heavy atom. The third-order valence-electron chi connectivity index (χ3n) is 2.77. The number of carbonyl (C=O) groups excluding carboxylic acids is 3. The van der Waals surface area contributed by atoms with Crippen LogP contribution < -0.4 is 16.4 Å². The maximum atomic E-state index is 11.7. The molecule has 4 N–H and O–H groups in total. The molecule has 4 amide bonds. The van der Waals surface area contributed by atoms with Gasteiger partial charge in [-0.1, -0.05) is 0 Å². The Balaban J connectivity index is 1.89. The van der Waals surface area contributed by atoms with Crippen LogP contribution >= 0.6 is 0 Å². The smallest absolute Gasteiger partial charge is 0.324 e. The van der Waals surface area contributed by atoms with Gasteiger partial charge in [-0.15, -0.1) is 0 Å². The molecule has 0 aromatic heterocycles. The molecular formula is C12H14N4O3. The van der Waals surface area contributed by atoms with Crippen molar-refractivity contribution < 1.29 is 14.4 Å². The number of nitrogens with two attached hydrogens (primary N) is 1. The molecule has 1 aliphatic heterocycles. The highest BCUT2D eigenvalue weighted by Crippen LogP contribution is 2.09. The van der Waals surface area contributed by atoms with E-state index in [1.54, 1.807) is 24.3 Å². The first-order chi connectivity index (χ1) is 9.08. The van der Waals surface area contributed by atoms with Crippen LogP contribution in [0.1, 0.15) is 10.4 Å². The van der Waals surface area contributed by atoms with Crippen LogP contribution in [0.4, 0.5) is 10.5 Å². The van der Waals surface area contributed by atoms with Gasteiger partial charge < -0.3 is 16.4 Å². The van der Waals surface area contributed by atoms with Crippen LogP contribution in [0.15, 0.2) is 24.3 Å². The van der Waals surface area contributed by atoms with Crippen LogP contribution in [-0.4, -0.2) is 42.4 Å². The molecule has 7 heteroatoms. The van der Waals surface area contributed by atoms with E-state index in [4.69, 9.17) is 5.73 Å². The zero-order valence-corrected chi connectivity index (χ0v) is 10.2. The fraction of sp³-hybridized carbons (Fsp3) is 0.250. The summed E-state index contributed by atoms with van der Waals surface area (Å²) in [6.45, 7) is 0.890. The molecule has 1 aromatic rings. The molecule has 0 aliphatic carbocycles. The lowest BCUT2D eigenvalue weighted by Crippen LogP contribution is -2.37. The van der Waals surface area contributed by atoms with Crippen molar-refractivity contribution in [3.8, 4) is 0 Å². The summed E-state index contributed by atoms with van der Waals surface area (Å²) in [6, 6.07) is 6.07. The Hall–Kier alpha value is -2.57. The van der Waals surface area contributed by atoms with Crippen molar-refractivity contribution in [3.63, 3.8) is 0 Å². The van der Waals surface area contributed by atoms with Gasteiger partial charge in [0.1, 0.15) is 0 Å². The molecule has 100 valence electrons. The number of nitrogens with zero attached hydrogens (tertiary/aromatic N) is 1. The van der Waals surface area contributed by atoms with E-state index >= 15 is 0 Å². The van der Waals surface area contributed by atoms with E-state index in [1.165, 1.54) is 0 Å². The number of carbonyl (C=O) groups is 3. The second-order valence-electron chi connectivity index (χ2n) is 4.07. The van der Waals surface area contributed by atoms with E-state index in [-0.39, 0.29) is 18.5 Å². The van der Waals surface area contributed by atoms with Gasteiger partial charge in [0.25, 0.3) is 0 Å². The van der Waals surface area contributed by atoms with Gasteiger partial charge in [0.2, 0.25) is 11.8 Å². The summed E-state index contributed by atoms with van der Waals surface area (Å²) in [6.07, 6.45) is 0. The second-order valence-corrected chi connectivity index (χ2v) is 4.07. The van der Waals surface area contributed by atoms with Crippen LogP contribution in [0.25, 0.3) is 0 Å². The van der Waals surface area contributed by atoms with E-state index in [1.807, 2.05) is 0 Å². The predicted molar refractivity (Wildman–Crippen MR) is 68.6 cm³/mol.